The summed E-state index contributed by atoms with van der Waals surface area (Å²) in [5.74, 6) is 1.53. The number of pyridine rings is 1. The van der Waals surface area contributed by atoms with E-state index in [2.05, 4.69) is 25.6 Å². The van der Waals surface area contributed by atoms with Crippen LogP contribution >= 0.6 is 11.6 Å². The van der Waals surface area contributed by atoms with Gasteiger partial charge in [-0.25, -0.2) is 9.97 Å². The Labute approximate surface area is 157 Å². The van der Waals surface area contributed by atoms with Crippen molar-refractivity contribution >= 4 is 34.4 Å². The van der Waals surface area contributed by atoms with Crippen molar-refractivity contribution in [1.82, 2.24) is 20.3 Å². The van der Waals surface area contributed by atoms with E-state index >= 15 is 0 Å². The third-order valence-corrected chi connectivity index (χ3v) is 4.07. The number of anilines is 1. The van der Waals surface area contributed by atoms with Crippen LogP contribution in [0.3, 0.4) is 0 Å². The number of carbonyl (C=O) groups is 1. The van der Waals surface area contributed by atoms with E-state index < -0.39 is 0 Å². The van der Waals surface area contributed by atoms with Crippen LogP contribution < -0.4 is 10.6 Å². The Morgan fingerprint density at radius 3 is 2.92 bits per heavy atom. The predicted octanol–water partition coefficient (Wildman–Crippen LogP) is 3.79. The summed E-state index contributed by atoms with van der Waals surface area (Å²) in [6, 6.07) is 9.20. The Hall–Kier alpha value is -2.60. The van der Waals surface area contributed by atoms with E-state index in [-0.39, 0.29) is 11.9 Å². The molecule has 1 amide bonds. The summed E-state index contributed by atoms with van der Waals surface area (Å²) in [7, 11) is 0. The SMILES string of the molecule is CC(C)NC(=O)c1ccnc(NCCCc2nc3ccc(Cl)cc3[nH]2)c1. The molecule has 0 fully saturated rings. The molecule has 0 aliphatic carbocycles. The first-order valence-electron chi connectivity index (χ1n) is 8.66. The molecule has 0 saturated carbocycles. The van der Waals surface area contributed by atoms with E-state index in [0.717, 1.165) is 36.2 Å². The fourth-order valence-corrected chi connectivity index (χ4v) is 2.81. The van der Waals surface area contributed by atoms with Gasteiger partial charge in [0.05, 0.1) is 11.0 Å². The van der Waals surface area contributed by atoms with Gasteiger partial charge < -0.3 is 15.6 Å². The second-order valence-corrected chi connectivity index (χ2v) is 6.87. The zero-order chi connectivity index (χ0) is 18.5. The van der Waals surface area contributed by atoms with E-state index in [1.807, 2.05) is 32.0 Å². The van der Waals surface area contributed by atoms with Gasteiger partial charge in [-0.3, -0.25) is 4.79 Å². The van der Waals surface area contributed by atoms with Crippen LogP contribution in [0.2, 0.25) is 5.02 Å². The molecule has 3 rings (SSSR count). The van der Waals surface area contributed by atoms with Gasteiger partial charge in [-0.2, -0.15) is 0 Å². The number of benzene rings is 1. The Morgan fingerprint density at radius 2 is 2.12 bits per heavy atom. The first-order chi connectivity index (χ1) is 12.5. The molecule has 0 aliphatic rings. The second kappa shape index (κ2) is 8.19. The van der Waals surface area contributed by atoms with Gasteiger partial charge in [0.1, 0.15) is 11.6 Å². The van der Waals surface area contributed by atoms with Crippen LogP contribution in [0.4, 0.5) is 5.82 Å². The standard InChI is InChI=1S/C19H22ClN5O/c1-12(2)23-19(26)13-7-9-22-18(10-13)21-8-3-4-17-24-15-6-5-14(20)11-16(15)25-17/h5-7,9-12H,3-4,8H2,1-2H3,(H,21,22)(H,23,26)(H,24,25). The molecular formula is C19H22ClN5O. The van der Waals surface area contributed by atoms with E-state index in [1.165, 1.54) is 0 Å². The van der Waals surface area contributed by atoms with Gasteiger partial charge in [0.25, 0.3) is 5.91 Å². The predicted molar refractivity (Wildman–Crippen MR) is 105 cm³/mol. The third-order valence-electron chi connectivity index (χ3n) is 3.83. The fourth-order valence-electron chi connectivity index (χ4n) is 2.64. The topological polar surface area (TPSA) is 82.7 Å². The molecule has 3 aromatic rings. The summed E-state index contributed by atoms with van der Waals surface area (Å²) in [5, 5.41) is 6.82. The molecule has 2 aromatic heterocycles. The number of carbonyl (C=O) groups excluding carboxylic acids is 1. The maximum absolute atomic E-state index is 12.0. The lowest BCUT2D eigenvalue weighted by atomic mass is 10.2. The summed E-state index contributed by atoms with van der Waals surface area (Å²) < 4.78 is 0. The second-order valence-electron chi connectivity index (χ2n) is 6.43. The molecule has 2 heterocycles. The smallest absolute Gasteiger partial charge is 0.251 e. The molecule has 0 aliphatic heterocycles. The average molecular weight is 372 g/mol. The van der Waals surface area contributed by atoms with Crippen molar-refractivity contribution in [3.8, 4) is 0 Å². The number of amides is 1. The molecule has 0 bridgehead atoms. The minimum atomic E-state index is -0.0913. The number of aromatic nitrogens is 3. The number of aryl methyl sites for hydroxylation is 1. The summed E-state index contributed by atoms with van der Waals surface area (Å²) in [5.41, 5.74) is 2.47. The monoisotopic (exact) mass is 371 g/mol. The van der Waals surface area contributed by atoms with Gasteiger partial charge in [-0.1, -0.05) is 11.6 Å². The highest BCUT2D eigenvalue weighted by molar-refractivity contribution is 6.31. The number of H-pyrrole nitrogens is 1. The first kappa shape index (κ1) is 18.2. The van der Waals surface area contributed by atoms with Crippen molar-refractivity contribution in [2.75, 3.05) is 11.9 Å². The van der Waals surface area contributed by atoms with Crippen molar-refractivity contribution in [3.05, 3.63) is 52.9 Å². The van der Waals surface area contributed by atoms with E-state index in [0.29, 0.717) is 16.4 Å². The number of nitrogens with zero attached hydrogens (tertiary/aromatic N) is 2. The molecule has 0 radical (unpaired) electrons. The molecule has 0 atom stereocenters. The Bertz CT molecular complexity index is 906. The Kier molecular flexibility index (Phi) is 5.73. The number of fused-ring (bicyclic) bond motifs is 1. The van der Waals surface area contributed by atoms with Crippen LogP contribution in [0.5, 0.6) is 0 Å². The largest absolute Gasteiger partial charge is 0.370 e. The third kappa shape index (κ3) is 4.73. The maximum atomic E-state index is 12.0. The summed E-state index contributed by atoms with van der Waals surface area (Å²) in [4.78, 5) is 24.1. The summed E-state index contributed by atoms with van der Waals surface area (Å²) >= 11 is 5.99. The number of rotatable bonds is 7. The quantitative estimate of drug-likeness (QED) is 0.552. The molecule has 0 spiro atoms. The fraction of sp³-hybridized carbons (Fsp3) is 0.316. The molecule has 0 saturated heterocycles. The lowest BCUT2D eigenvalue weighted by Gasteiger charge is -2.10. The van der Waals surface area contributed by atoms with E-state index in [1.54, 1.807) is 18.3 Å². The molecule has 6 nitrogen and oxygen atoms in total. The first-order valence-corrected chi connectivity index (χ1v) is 9.04. The van der Waals surface area contributed by atoms with Crippen LogP contribution in [0, 0.1) is 0 Å². The van der Waals surface area contributed by atoms with Gasteiger partial charge in [0.2, 0.25) is 0 Å². The van der Waals surface area contributed by atoms with Crippen LogP contribution in [-0.4, -0.2) is 33.4 Å². The van der Waals surface area contributed by atoms with Crippen molar-refractivity contribution in [2.45, 2.75) is 32.7 Å². The van der Waals surface area contributed by atoms with Crippen LogP contribution in [-0.2, 0) is 6.42 Å². The number of nitrogens with one attached hydrogen (secondary N) is 3. The highest BCUT2D eigenvalue weighted by atomic mass is 35.5. The Balaban J connectivity index is 1.52. The van der Waals surface area contributed by atoms with Crippen LogP contribution in [0.15, 0.2) is 36.5 Å². The molecule has 0 unspecified atom stereocenters. The number of imidazole rings is 1. The molecule has 3 N–H and O–H groups in total. The molecule has 1 aromatic carbocycles. The van der Waals surface area contributed by atoms with Crippen LogP contribution in [0.1, 0.15) is 36.5 Å². The van der Waals surface area contributed by atoms with Gasteiger partial charge in [0, 0.05) is 35.8 Å². The average Bonchev–Trinajstić information content (AvgIpc) is 3.00. The highest BCUT2D eigenvalue weighted by Crippen LogP contribution is 2.17. The molecule has 136 valence electrons. The van der Waals surface area contributed by atoms with Crippen molar-refractivity contribution in [3.63, 3.8) is 0 Å². The number of hydrogen-bond acceptors (Lipinski definition) is 4. The summed E-state index contributed by atoms with van der Waals surface area (Å²) in [6.45, 7) is 4.61. The zero-order valence-corrected chi connectivity index (χ0v) is 15.6. The summed E-state index contributed by atoms with van der Waals surface area (Å²) in [6.07, 6.45) is 3.34. The Morgan fingerprint density at radius 1 is 1.27 bits per heavy atom. The van der Waals surface area contributed by atoms with Gasteiger partial charge in [0.15, 0.2) is 0 Å². The zero-order valence-electron chi connectivity index (χ0n) is 14.8. The van der Waals surface area contributed by atoms with Crippen LogP contribution in [0.25, 0.3) is 11.0 Å². The van der Waals surface area contributed by atoms with Crippen molar-refractivity contribution in [2.24, 2.45) is 0 Å². The van der Waals surface area contributed by atoms with E-state index in [4.69, 9.17) is 11.6 Å². The lowest BCUT2D eigenvalue weighted by Crippen LogP contribution is -2.30. The highest BCUT2D eigenvalue weighted by Gasteiger charge is 2.08. The number of hydrogen-bond donors (Lipinski definition) is 3. The number of halogens is 1. The minimum absolute atomic E-state index is 0.0913. The van der Waals surface area contributed by atoms with Crippen molar-refractivity contribution in [1.29, 1.82) is 0 Å². The molecular weight excluding hydrogens is 350 g/mol. The number of aromatic amines is 1. The normalized spacial score (nSPS) is 11.1. The molecule has 26 heavy (non-hydrogen) atoms. The van der Waals surface area contributed by atoms with Gasteiger partial charge in [-0.15, -0.1) is 0 Å². The lowest BCUT2D eigenvalue weighted by molar-refractivity contribution is 0.0943. The molecule has 7 heteroatoms. The minimum Gasteiger partial charge on any atom is -0.370 e. The van der Waals surface area contributed by atoms with Gasteiger partial charge in [-0.05, 0) is 50.6 Å². The maximum Gasteiger partial charge on any atom is 0.251 e. The van der Waals surface area contributed by atoms with E-state index in [9.17, 15) is 4.79 Å². The van der Waals surface area contributed by atoms with Gasteiger partial charge >= 0.3 is 0 Å². The van der Waals surface area contributed by atoms with Crippen molar-refractivity contribution < 1.29 is 4.79 Å².